The first-order chi connectivity index (χ1) is 15.6. The number of carbonyl (C=O) groups excluding carboxylic acids is 1. The molecule has 188 valence electrons. The van der Waals surface area contributed by atoms with Crippen molar-refractivity contribution in [2.45, 2.75) is 64.3 Å². The minimum Gasteiger partial charge on any atom is -0.376 e. The Hall–Kier alpha value is -1.98. The van der Waals surface area contributed by atoms with Gasteiger partial charge in [-0.1, -0.05) is 26.8 Å². The van der Waals surface area contributed by atoms with Crippen molar-refractivity contribution in [1.29, 1.82) is 0 Å². The van der Waals surface area contributed by atoms with Gasteiger partial charge in [0.2, 0.25) is 0 Å². The standard InChI is InChI=1S/C23H29F3N2O4S2/c1-22(2,3)19-14-28(13-17-6-5-10-32-17)21(33-19)27-20(29)18-12-16(23(24,25)26)8-7-15(18)9-11-34(4,30)31/h7-8,12,14,17H,5-6,9-11,13H2,1-4H3/b27-21-/t17-/m1/s1. The van der Waals surface area contributed by atoms with E-state index in [1.165, 1.54) is 11.3 Å². The molecular weight excluding hydrogens is 489 g/mol. The summed E-state index contributed by atoms with van der Waals surface area (Å²) in [4.78, 5) is 18.7. The molecule has 1 aromatic heterocycles. The van der Waals surface area contributed by atoms with Gasteiger partial charge in [0.1, 0.15) is 9.84 Å². The molecule has 0 unspecified atom stereocenters. The van der Waals surface area contributed by atoms with Gasteiger partial charge in [-0.25, -0.2) is 8.42 Å². The normalized spacial score (nSPS) is 18.0. The predicted octanol–water partition coefficient (Wildman–Crippen LogP) is 4.37. The lowest BCUT2D eigenvalue weighted by molar-refractivity contribution is -0.137. The molecule has 0 aliphatic carbocycles. The number of aryl methyl sites for hydroxylation is 1. The van der Waals surface area contributed by atoms with Crippen molar-refractivity contribution in [1.82, 2.24) is 4.57 Å². The van der Waals surface area contributed by atoms with Crippen molar-refractivity contribution < 1.29 is 31.1 Å². The molecule has 34 heavy (non-hydrogen) atoms. The van der Waals surface area contributed by atoms with Crippen molar-refractivity contribution in [3.63, 3.8) is 0 Å². The van der Waals surface area contributed by atoms with Gasteiger partial charge in [-0.2, -0.15) is 18.2 Å². The van der Waals surface area contributed by atoms with Gasteiger partial charge in [-0.05, 0) is 42.4 Å². The molecule has 0 radical (unpaired) electrons. The van der Waals surface area contributed by atoms with Gasteiger partial charge in [0.25, 0.3) is 5.91 Å². The molecule has 1 aromatic carbocycles. The Kier molecular flexibility index (Phi) is 7.79. The van der Waals surface area contributed by atoms with Gasteiger partial charge in [0, 0.05) is 29.5 Å². The van der Waals surface area contributed by atoms with Crippen LogP contribution in [0.1, 0.15) is 60.0 Å². The summed E-state index contributed by atoms with van der Waals surface area (Å²) in [5.41, 5.74) is -1.22. The second-order valence-electron chi connectivity index (χ2n) is 9.58. The largest absolute Gasteiger partial charge is 0.416 e. The molecule has 11 heteroatoms. The van der Waals surface area contributed by atoms with Crippen molar-refractivity contribution in [3.05, 3.63) is 50.8 Å². The summed E-state index contributed by atoms with van der Waals surface area (Å²) in [6.07, 6.45) is 0.0280. The molecule has 0 N–H and O–H groups in total. The highest BCUT2D eigenvalue weighted by Gasteiger charge is 2.32. The smallest absolute Gasteiger partial charge is 0.376 e. The molecule has 3 rings (SSSR count). The van der Waals surface area contributed by atoms with Gasteiger partial charge in [0.05, 0.1) is 24.0 Å². The van der Waals surface area contributed by atoms with E-state index in [1.807, 2.05) is 31.5 Å². The Labute approximate surface area is 201 Å². The van der Waals surface area contributed by atoms with E-state index in [2.05, 4.69) is 4.99 Å². The van der Waals surface area contributed by atoms with Crippen molar-refractivity contribution in [3.8, 4) is 0 Å². The van der Waals surface area contributed by atoms with Gasteiger partial charge < -0.3 is 9.30 Å². The third kappa shape index (κ3) is 7.02. The van der Waals surface area contributed by atoms with E-state index in [1.54, 1.807) is 0 Å². The van der Waals surface area contributed by atoms with Crippen LogP contribution in [0.3, 0.4) is 0 Å². The number of carbonyl (C=O) groups is 1. The van der Waals surface area contributed by atoms with Crippen LogP contribution in [-0.4, -0.2) is 43.6 Å². The second-order valence-corrected chi connectivity index (χ2v) is 12.9. The lowest BCUT2D eigenvalue weighted by Gasteiger charge is -2.15. The Morgan fingerprint density at radius 2 is 1.97 bits per heavy atom. The average molecular weight is 519 g/mol. The number of benzene rings is 1. The van der Waals surface area contributed by atoms with Crippen LogP contribution in [0, 0.1) is 0 Å². The number of ether oxygens (including phenoxy) is 1. The summed E-state index contributed by atoms with van der Waals surface area (Å²) < 4.78 is 70.8. The fourth-order valence-corrected chi connectivity index (χ4v) is 5.21. The molecule has 6 nitrogen and oxygen atoms in total. The van der Waals surface area contributed by atoms with Crippen LogP contribution in [-0.2, 0) is 39.1 Å². The van der Waals surface area contributed by atoms with E-state index >= 15 is 0 Å². The van der Waals surface area contributed by atoms with Gasteiger partial charge >= 0.3 is 6.18 Å². The zero-order valence-corrected chi connectivity index (χ0v) is 21.2. The number of sulfone groups is 1. The number of hydrogen-bond donors (Lipinski definition) is 0. The summed E-state index contributed by atoms with van der Waals surface area (Å²) in [6, 6.07) is 2.77. The third-order valence-corrected chi connectivity index (χ3v) is 7.88. The third-order valence-electron chi connectivity index (χ3n) is 5.49. The maximum absolute atomic E-state index is 13.3. The lowest BCUT2D eigenvalue weighted by Crippen LogP contribution is -2.24. The molecule has 2 heterocycles. The Morgan fingerprint density at radius 3 is 2.53 bits per heavy atom. The quantitative estimate of drug-likeness (QED) is 0.569. The maximum atomic E-state index is 13.3. The highest BCUT2D eigenvalue weighted by Crippen LogP contribution is 2.31. The van der Waals surface area contributed by atoms with E-state index in [-0.39, 0.29) is 34.8 Å². The molecule has 1 fully saturated rings. The molecule has 0 spiro atoms. The van der Waals surface area contributed by atoms with Crippen molar-refractivity contribution in [2.75, 3.05) is 18.6 Å². The summed E-state index contributed by atoms with van der Waals surface area (Å²) >= 11 is 1.31. The summed E-state index contributed by atoms with van der Waals surface area (Å²) in [6.45, 7) is 7.23. The number of aromatic nitrogens is 1. The first-order valence-corrected chi connectivity index (χ1v) is 13.8. The Balaban J connectivity index is 2.07. The highest BCUT2D eigenvalue weighted by molar-refractivity contribution is 7.90. The molecular formula is C23H29F3N2O4S2. The number of thiazole rings is 1. The fourth-order valence-electron chi connectivity index (χ4n) is 3.56. The van der Waals surface area contributed by atoms with Crippen LogP contribution < -0.4 is 4.80 Å². The summed E-state index contributed by atoms with van der Waals surface area (Å²) in [7, 11) is -3.38. The van der Waals surface area contributed by atoms with Gasteiger partial charge in [-0.15, -0.1) is 11.3 Å². The van der Waals surface area contributed by atoms with Crippen LogP contribution in [0.25, 0.3) is 0 Å². The summed E-state index contributed by atoms with van der Waals surface area (Å²) in [5, 5.41) is 0. The van der Waals surface area contributed by atoms with Crippen LogP contribution in [0.5, 0.6) is 0 Å². The van der Waals surface area contributed by atoms with Crippen molar-refractivity contribution >= 4 is 27.1 Å². The number of rotatable bonds is 6. The monoisotopic (exact) mass is 518 g/mol. The number of amides is 1. The first kappa shape index (κ1) is 26.6. The molecule has 0 bridgehead atoms. The number of alkyl halides is 3. The van der Waals surface area contributed by atoms with Crippen LogP contribution in [0.2, 0.25) is 0 Å². The van der Waals surface area contributed by atoms with Crippen molar-refractivity contribution in [2.24, 2.45) is 4.99 Å². The lowest BCUT2D eigenvalue weighted by atomic mass is 9.95. The maximum Gasteiger partial charge on any atom is 0.416 e. The highest BCUT2D eigenvalue weighted by atomic mass is 32.2. The molecule has 1 atom stereocenters. The second kappa shape index (κ2) is 9.94. The topological polar surface area (TPSA) is 77.7 Å². The number of halogens is 3. The van der Waals surface area contributed by atoms with E-state index in [4.69, 9.17) is 4.74 Å². The van der Waals surface area contributed by atoms with Crippen LogP contribution in [0.4, 0.5) is 13.2 Å². The number of hydrogen-bond acceptors (Lipinski definition) is 5. The minimum absolute atomic E-state index is 0.0182. The zero-order chi connectivity index (χ0) is 25.3. The van der Waals surface area contributed by atoms with E-state index in [9.17, 15) is 26.4 Å². The zero-order valence-electron chi connectivity index (χ0n) is 19.6. The minimum atomic E-state index is -4.65. The van der Waals surface area contributed by atoms with E-state index in [0.717, 1.165) is 42.2 Å². The molecule has 1 aliphatic heterocycles. The SMILES string of the molecule is CC(C)(C)c1cn(C[C@H]2CCCO2)/c(=N/C(=O)c2cc(C(F)(F)F)ccc2CCS(C)(=O)=O)s1. The summed E-state index contributed by atoms with van der Waals surface area (Å²) in [5.74, 6) is -1.12. The number of nitrogens with zero attached hydrogens (tertiary/aromatic N) is 2. The molecule has 1 aliphatic rings. The predicted molar refractivity (Wildman–Crippen MR) is 125 cm³/mol. The van der Waals surface area contributed by atoms with Crippen LogP contribution in [0.15, 0.2) is 29.4 Å². The molecule has 2 aromatic rings. The Morgan fingerprint density at radius 1 is 1.26 bits per heavy atom. The molecule has 1 amide bonds. The van der Waals surface area contributed by atoms with E-state index < -0.39 is 27.5 Å². The van der Waals surface area contributed by atoms with Crippen LogP contribution >= 0.6 is 11.3 Å². The molecule has 0 saturated carbocycles. The first-order valence-electron chi connectivity index (χ1n) is 10.9. The van der Waals surface area contributed by atoms with Gasteiger partial charge in [-0.3, -0.25) is 4.79 Å². The van der Waals surface area contributed by atoms with Gasteiger partial charge in [0.15, 0.2) is 4.80 Å². The van der Waals surface area contributed by atoms with E-state index in [0.29, 0.717) is 18.0 Å². The fraction of sp³-hybridized carbons (Fsp3) is 0.565. The average Bonchev–Trinajstić information content (AvgIpc) is 3.35. The Bertz CT molecular complexity index is 1220. The molecule has 1 saturated heterocycles.